The van der Waals surface area contributed by atoms with Crippen LogP contribution < -0.4 is 0 Å². The van der Waals surface area contributed by atoms with Gasteiger partial charge in [-0.15, -0.1) is 0 Å². The highest BCUT2D eigenvalue weighted by molar-refractivity contribution is 9.10. The number of halogens is 1. The molecule has 180 valence electrons. The van der Waals surface area contributed by atoms with Crippen LogP contribution in [-0.4, -0.2) is 44.8 Å². The summed E-state index contributed by atoms with van der Waals surface area (Å²) in [5.41, 5.74) is 10.6. The van der Waals surface area contributed by atoms with Crippen LogP contribution in [0.5, 0.6) is 0 Å². The quantitative estimate of drug-likeness (QED) is 0.127. The van der Waals surface area contributed by atoms with Gasteiger partial charge in [-0.05, 0) is 68.0 Å². The predicted octanol–water partition coefficient (Wildman–Crippen LogP) is 5.32. The Morgan fingerprint density at radius 1 is 1.18 bits per heavy atom. The fourth-order valence-electron chi connectivity index (χ4n) is 3.42. The smallest absolute Gasteiger partial charge is 0.337 e. The van der Waals surface area contributed by atoms with Gasteiger partial charge < -0.3 is 14.2 Å². The van der Waals surface area contributed by atoms with E-state index in [4.69, 9.17) is 19.7 Å². The second kappa shape index (κ2) is 13.1. The van der Waals surface area contributed by atoms with E-state index in [1.165, 1.54) is 21.1 Å². The Morgan fingerprint density at radius 3 is 2.36 bits per heavy atom. The molecular weight excluding hydrogens is 494 g/mol. The van der Waals surface area contributed by atoms with Crippen LogP contribution in [0.4, 0.5) is 0 Å². The van der Waals surface area contributed by atoms with E-state index in [-0.39, 0.29) is 19.4 Å². The number of hydrogen-bond acceptors (Lipinski definition) is 6. The number of nitrogens with zero attached hydrogens (tertiary/aromatic N) is 3. The van der Waals surface area contributed by atoms with Gasteiger partial charge in [0.2, 0.25) is 5.91 Å². The van der Waals surface area contributed by atoms with Gasteiger partial charge in [-0.1, -0.05) is 27.1 Å². The van der Waals surface area contributed by atoms with Crippen molar-refractivity contribution in [3.63, 3.8) is 0 Å². The van der Waals surface area contributed by atoms with Crippen LogP contribution in [0.2, 0.25) is 0 Å². The molecule has 0 aliphatic heterocycles. The van der Waals surface area contributed by atoms with E-state index < -0.39 is 29.4 Å². The van der Waals surface area contributed by atoms with Crippen molar-refractivity contribution in [3.8, 4) is 0 Å². The van der Waals surface area contributed by atoms with Crippen LogP contribution in [0.15, 0.2) is 38.9 Å². The lowest BCUT2D eigenvalue weighted by Gasteiger charge is -2.37. The van der Waals surface area contributed by atoms with E-state index in [0.717, 1.165) is 11.1 Å². The van der Waals surface area contributed by atoms with Crippen LogP contribution in [0.1, 0.15) is 56.5 Å². The summed E-state index contributed by atoms with van der Waals surface area (Å²) < 4.78 is 16.5. The van der Waals surface area contributed by atoms with Crippen molar-refractivity contribution in [2.75, 3.05) is 20.8 Å². The normalized spacial score (nSPS) is 13.2. The van der Waals surface area contributed by atoms with E-state index >= 15 is 0 Å². The highest BCUT2D eigenvalue weighted by Gasteiger charge is 2.47. The van der Waals surface area contributed by atoms with E-state index in [2.05, 4.69) is 26.0 Å². The summed E-state index contributed by atoms with van der Waals surface area (Å²) in [6.07, 6.45) is -0.238. The van der Waals surface area contributed by atoms with Crippen molar-refractivity contribution in [1.82, 2.24) is 0 Å². The summed E-state index contributed by atoms with van der Waals surface area (Å²) in [6.45, 7) is 6.97. The first-order valence-corrected chi connectivity index (χ1v) is 11.1. The SMILES string of the molecule is COC[C@@](CCC(C)=C(C)C)(C(=O)N=[N+]=[N-])[C@@H](Cc1cc(C(=O)OC)ccc1Br)OC(C)=O. The molecule has 1 rings (SSSR count). The molecule has 0 saturated heterocycles. The molecule has 0 bridgehead atoms. The summed E-state index contributed by atoms with van der Waals surface area (Å²) >= 11 is 3.45. The first kappa shape index (κ1) is 28.4. The minimum absolute atomic E-state index is 0.0644. The molecule has 9 nitrogen and oxygen atoms in total. The maximum atomic E-state index is 13.2. The third kappa shape index (κ3) is 7.70. The number of azide groups is 1. The Hall–Kier alpha value is -2.68. The number of methoxy groups -OCH3 is 2. The molecule has 0 fully saturated rings. The van der Waals surface area contributed by atoms with Gasteiger partial charge in [-0.3, -0.25) is 9.59 Å². The van der Waals surface area contributed by atoms with Gasteiger partial charge in [0.1, 0.15) is 6.10 Å². The standard InChI is InChI=1S/C23H30BrN3O6/c1-14(2)15(3)9-10-23(13-31-5,22(30)26-27-25)20(33-16(4)28)12-18-11-17(21(29)32-6)7-8-19(18)24/h7-8,11,20H,9-10,12-13H2,1-6H3/t20-,23-/m1/s1. The minimum Gasteiger partial charge on any atom is -0.465 e. The first-order valence-electron chi connectivity index (χ1n) is 10.3. The summed E-state index contributed by atoms with van der Waals surface area (Å²) in [4.78, 5) is 39.9. The fraction of sp³-hybridized carbons (Fsp3) is 0.522. The molecule has 0 N–H and O–H groups in total. The van der Waals surface area contributed by atoms with Gasteiger partial charge in [0.25, 0.3) is 0 Å². The minimum atomic E-state index is -1.44. The third-order valence-electron chi connectivity index (χ3n) is 5.56. The van der Waals surface area contributed by atoms with Gasteiger partial charge in [0.15, 0.2) is 0 Å². The molecule has 0 spiro atoms. The summed E-state index contributed by atoms with van der Waals surface area (Å²) in [6, 6.07) is 4.86. The summed E-state index contributed by atoms with van der Waals surface area (Å²) in [7, 11) is 2.70. The van der Waals surface area contributed by atoms with Crippen molar-refractivity contribution < 1.29 is 28.6 Å². The number of carbonyl (C=O) groups is 3. The third-order valence-corrected chi connectivity index (χ3v) is 6.33. The second-order valence-corrected chi connectivity index (χ2v) is 8.82. The molecule has 0 heterocycles. The number of hydrogen-bond donors (Lipinski definition) is 0. The molecule has 33 heavy (non-hydrogen) atoms. The highest BCUT2D eigenvalue weighted by Crippen LogP contribution is 2.38. The van der Waals surface area contributed by atoms with Gasteiger partial charge in [0.05, 0.1) is 24.7 Å². The summed E-state index contributed by atoms with van der Waals surface area (Å²) in [5, 5.41) is 3.36. The van der Waals surface area contributed by atoms with E-state index in [1.54, 1.807) is 18.2 Å². The number of amides is 1. The molecule has 2 atom stereocenters. The van der Waals surface area contributed by atoms with E-state index in [0.29, 0.717) is 22.0 Å². The molecule has 0 aliphatic carbocycles. The Labute approximate surface area is 202 Å². The number of allylic oxidation sites excluding steroid dienone is 2. The van der Waals surface area contributed by atoms with Crippen LogP contribution in [0.3, 0.4) is 0 Å². The molecule has 0 radical (unpaired) electrons. The highest BCUT2D eigenvalue weighted by atomic mass is 79.9. The lowest BCUT2D eigenvalue weighted by atomic mass is 9.74. The zero-order valence-corrected chi connectivity index (χ0v) is 21.4. The van der Waals surface area contributed by atoms with Crippen molar-refractivity contribution >= 4 is 33.8 Å². The molecule has 1 amide bonds. The summed E-state index contributed by atoms with van der Waals surface area (Å²) in [5.74, 6) is -1.91. The van der Waals surface area contributed by atoms with E-state index in [9.17, 15) is 14.4 Å². The van der Waals surface area contributed by atoms with E-state index in [1.807, 2.05) is 20.8 Å². The Morgan fingerprint density at radius 2 is 1.85 bits per heavy atom. The molecule has 1 aromatic carbocycles. The monoisotopic (exact) mass is 523 g/mol. The lowest BCUT2D eigenvalue weighted by Crippen LogP contribution is -2.48. The number of benzene rings is 1. The molecule has 10 heteroatoms. The average Bonchev–Trinajstić information content (AvgIpc) is 2.76. The predicted molar refractivity (Wildman–Crippen MR) is 126 cm³/mol. The molecule has 0 aromatic heterocycles. The Bertz CT molecular complexity index is 967. The van der Waals surface area contributed by atoms with Crippen molar-refractivity contribution in [1.29, 1.82) is 0 Å². The van der Waals surface area contributed by atoms with Gasteiger partial charge >= 0.3 is 11.9 Å². The van der Waals surface area contributed by atoms with Crippen LogP contribution in [-0.2, 0) is 30.2 Å². The number of esters is 2. The molecule has 0 aliphatic rings. The zero-order chi connectivity index (χ0) is 25.2. The maximum absolute atomic E-state index is 13.2. The zero-order valence-electron chi connectivity index (χ0n) is 19.8. The number of carbonyl (C=O) groups excluding carboxylic acids is 3. The topological polar surface area (TPSA) is 128 Å². The van der Waals surface area contributed by atoms with Gasteiger partial charge in [-0.25, -0.2) is 4.79 Å². The molecular formula is C23H30BrN3O6. The molecule has 0 unspecified atom stereocenters. The van der Waals surface area contributed by atoms with Crippen molar-refractivity contribution in [2.45, 2.75) is 53.1 Å². The lowest BCUT2D eigenvalue weighted by molar-refractivity contribution is -0.162. The van der Waals surface area contributed by atoms with Gasteiger partial charge in [-0.2, -0.15) is 0 Å². The van der Waals surface area contributed by atoms with Crippen molar-refractivity contribution in [2.24, 2.45) is 10.5 Å². The fourth-order valence-corrected chi connectivity index (χ4v) is 3.83. The number of ether oxygens (including phenoxy) is 3. The molecule has 1 aromatic rings. The largest absolute Gasteiger partial charge is 0.465 e. The van der Waals surface area contributed by atoms with Crippen LogP contribution in [0, 0.1) is 5.41 Å². The Kier molecular flexibility index (Phi) is 11.3. The maximum Gasteiger partial charge on any atom is 0.337 e. The Balaban J connectivity index is 3.64. The van der Waals surface area contributed by atoms with Crippen LogP contribution in [0.25, 0.3) is 10.4 Å². The van der Waals surface area contributed by atoms with Gasteiger partial charge in [0, 0.05) is 29.8 Å². The second-order valence-electron chi connectivity index (χ2n) is 7.96. The molecule has 0 saturated carbocycles. The number of rotatable bonds is 11. The average molecular weight is 524 g/mol. The first-order chi connectivity index (χ1) is 15.5. The van der Waals surface area contributed by atoms with Crippen molar-refractivity contribution in [3.05, 3.63) is 55.4 Å². The van der Waals surface area contributed by atoms with Crippen LogP contribution >= 0.6 is 15.9 Å².